The molecule has 2 N–H and O–H groups in total. The number of carbonyl (C=O) groups is 1. The highest BCUT2D eigenvalue weighted by atomic mass is 79.9. The van der Waals surface area contributed by atoms with Crippen molar-refractivity contribution in [3.63, 3.8) is 0 Å². The molecule has 0 bridgehead atoms. The summed E-state index contributed by atoms with van der Waals surface area (Å²) in [5, 5.41) is 0. The fraction of sp³-hybridized carbons (Fsp3) is 0.500. The van der Waals surface area contributed by atoms with Gasteiger partial charge < -0.3 is 15.2 Å². The highest BCUT2D eigenvalue weighted by Gasteiger charge is 2.11. The standard InChI is InChI=1S/C14H20BrNO3/c1-18-10-7-8-11(12(15)9-10)13(16)5-3-4-6-14(17)19-2/h7-9,13H,3-6,16H2,1-2H3. The SMILES string of the molecule is COC(=O)CCCCC(N)c1ccc(OC)cc1Br. The maximum Gasteiger partial charge on any atom is 0.305 e. The van der Waals surface area contributed by atoms with Gasteiger partial charge in [0.05, 0.1) is 14.2 Å². The van der Waals surface area contributed by atoms with Crippen molar-refractivity contribution in [2.75, 3.05) is 14.2 Å². The van der Waals surface area contributed by atoms with Crippen LogP contribution in [0.1, 0.15) is 37.3 Å². The van der Waals surface area contributed by atoms with Gasteiger partial charge in [-0.3, -0.25) is 4.79 Å². The molecule has 0 amide bonds. The van der Waals surface area contributed by atoms with E-state index in [1.54, 1.807) is 7.11 Å². The van der Waals surface area contributed by atoms with E-state index in [0.717, 1.165) is 35.0 Å². The molecule has 0 heterocycles. The van der Waals surface area contributed by atoms with Gasteiger partial charge in [-0.15, -0.1) is 0 Å². The molecule has 1 rings (SSSR count). The van der Waals surface area contributed by atoms with E-state index in [-0.39, 0.29) is 12.0 Å². The minimum absolute atomic E-state index is 0.0436. The molecule has 4 nitrogen and oxygen atoms in total. The predicted octanol–water partition coefficient (Wildman–Crippen LogP) is 3.19. The Morgan fingerprint density at radius 2 is 2.11 bits per heavy atom. The van der Waals surface area contributed by atoms with Crippen molar-refractivity contribution in [2.24, 2.45) is 5.73 Å². The molecule has 0 aliphatic heterocycles. The van der Waals surface area contributed by atoms with Gasteiger partial charge in [0.15, 0.2) is 0 Å². The average Bonchev–Trinajstić information content (AvgIpc) is 2.42. The zero-order valence-corrected chi connectivity index (χ0v) is 12.9. The van der Waals surface area contributed by atoms with Crippen molar-refractivity contribution in [1.29, 1.82) is 0 Å². The van der Waals surface area contributed by atoms with Gasteiger partial charge in [-0.1, -0.05) is 28.4 Å². The van der Waals surface area contributed by atoms with Crippen LogP contribution in [0.4, 0.5) is 0 Å². The lowest BCUT2D eigenvalue weighted by atomic mass is 10.0. The molecule has 0 radical (unpaired) electrons. The Morgan fingerprint density at radius 3 is 2.68 bits per heavy atom. The Kier molecular flexibility index (Phi) is 6.87. The number of rotatable bonds is 7. The molecule has 0 saturated heterocycles. The van der Waals surface area contributed by atoms with E-state index in [1.165, 1.54) is 7.11 Å². The summed E-state index contributed by atoms with van der Waals surface area (Å²) in [6.07, 6.45) is 2.98. The summed E-state index contributed by atoms with van der Waals surface area (Å²) in [5.41, 5.74) is 7.20. The molecule has 5 heteroatoms. The Morgan fingerprint density at radius 1 is 1.37 bits per heavy atom. The molecule has 1 aromatic rings. The van der Waals surface area contributed by atoms with Crippen molar-refractivity contribution in [3.05, 3.63) is 28.2 Å². The van der Waals surface area contributed by atoms with Crippen molar-refractivity contribution >= 4 is 21.9 Å². The number of halogens is 1. The lowest BCUT2D eigenvalue weighted by Gasteiger charge is -2.14. The van der Waals surface area contributed by atoms with Crippen LogP contribution in [0.2, 0.25) is 0 Å². The van der Waals surface area contributed by atoms with Crippen molar-refractivity contribution in [2.45, 2.75) is 31.7 Å². The molecule has 1 unspecified atom stereocenters. The van der Waals surface area contributed by atoms with E-state index in [2.05, 4.69) is 20.7 Å². The molecule has 0 aliphatic rings. The molecule has 1 aromatic carbocycles. The quantitative estimate of drug-likeness (QED) is 0.616. The van der Waals surface area contributed by atoms with E-state index in [0.29, 0.717) is 6.42 Å². The first-order valence-electron chi connectivity index (χ1n) is 6.24. The van der Waals surface area contributed by atoms with Crippen molar-refractivity contribution in [3.8, 4) is 5.75 Å². The second-order valence-electron chi connectivity index (χ2n) is 4.32. The number of hydrogen-bond donors (Lipinski definition) is 1. The van der Waals surface area contributed by atoms with Crippen molar-refractivity contribution in [1.82, 2.24) is 0 Å². The predicted molar refractivity (Wildman–Crippen MR) is 78.1 cm³/mol. The van der Waals surface area contributed by atoms with Gasteiger partial charge in [0.25, 0.3) is 0 Å². The second-order valence-corrected chi connectivity index (χ2v) is 5.17. The Labute approximate surface area is 122 Å². The lowest BCUT2D eigenvalue weighted by Crippen LogP contribution is -2.11. The summed E-state index contributed by atoms with van der Waals surface area (Å²) in [4.78, 5) is 11.0. The van der Waals surface area contributed by atoms with Gasteiger partial charge in [-0.25, -0.2) is 0 Å². The number of carbonyl (C=O) groups excluding carboxylic acids is 1. The number of methoxy groups -OCH3 is 2. The minimum atomic E-state index is -0.167. The fourth-order valence-electron chi connectivity index (χ4n) is 1.83. The number of unbranched alkanes of at least 4 members (excludes halogenated alkanes) is 1. The zero-order valence-electron chi connectivity index (χ0n) is 11.3. The number of esters is 1. The molecule has 0 spiro atoms. The van der Waals surface area contributed by atoms with Gasteiger partial charge in [0.2, 0.25) is 0 Å². The molecule has 1 atom stereocenters. The normalized spacial score (nSPS) is 12.0. The van der Waals surface area contributed by atoms with E-state index < -0.39 is 0 Å². The zero-order chi connectivity index (χ0) is 14.3. The Hall–Kier alpha value is -1.07. The summed E-state index contributed by atoms with van der Waals surface area (Å²) < 4.78 is 10.7. The van der Waals surface area contributed by atoms with Gasteiger partial charge in [0.1, 0.15) is 5.75 Å². The number of hydrogen-bond acceptors (Lipinski definition) is 4. The first kappa shape index (κ1) is 16.0. The van der Waals surface area contributed by atoms with Crippen LogP contribution in [-0.4, -0.2) is 20.2 Å². The molecule has 0 aliphatic carbocycles. The first-order chi connectivity index (χ1) is 9.08. The topological polar surface area (TPSA) is 61.5 Å². The summed E-state index contributed by atoms with van der Waals surface area (Å²) in [5.74, 6) is 0.632. The second kappa shape index (κ2) is 8.17. The molecule has 0 aromatic heterocycles. The van der Waals surface area contributed by atoms with Crippen LogP contribution >= 0.6 is 15.9 Å². The maximum atomic E-state index is 11.0. The monoisotopic (exact) mass is 329 g/mol. The summed E-state index contributed by atoms with van der Waals surface area (Å²) >= 11 is 3.50. The van der Waals surface area contributed by atoms with Crippen molar-refractivity contribution < 1.29 is 14.3 Å². The number of ether oxygens (including phenoxy) is 2. The third-order valence-corrected chi connectivity index (χ3v) is 3.67. The third kappa shape index (κ3) is 5.20. The Balaban J connectivity index is 2.45. The van der Waals surface area contributed by atoms with E-state index in [1.807, 2.05) is 18.2 Å². The summed E-state index contributed by atoms with van der Waals surface area (Å²) in [6, 6.07) is 5.73. The van der Waals surface area contributed by atoms with Crippen LogP contribution in [0, 0.1) is 0 Å². The minimum Gasteiger partial charge on any atom is -0.497 e. The average molecular weight is 330 g/mol. The van der Waals surface area contributed by atoms with Crippen LogP contribution in [0.3, 0.4) is 0 Å². The Bertz CT molecular complexity index is 423. The molecule has 0 fully saturated rings. The van der Waals surface area contributed by atoms with Gasteiger partial charge in [-0.05, 0) is 30.5 Å². The molecule has 19 heavy (non-hydrogen) atoms. The fourth-order valence-corrected chi connectivity index (χ4v) is 2.48. The number of nitrogens with two attached hydrogens (primary N) is 1. The van der Waals surface area contributed by atoms with E-state index in [9.17, 15) is 4.79 Å². The largest absolute Gasteiger partial charge is 0.497 e. The summed E-state index contributed by atoms with van der Waals surface area (Å²) in [6.45, 7) is 0. The van der Waals surface area contributed by atoms with Crippen LogP contribution in [0.5, 0.6) is 5.75 Å². The lowest BCUT2D eigenvalue weighted by molar-refractivity contribution is -0.140. The van der Waals surface area contributed by atoms with Crippen LogP contribution in [-0.2, 0) is 9.53 Å². The molecular formula is C14H20BrNO3. The maximum absolute atomic E-state index is 11.0. The highest BCUT2D eigenvalue weighted by molar-refractivity contribution is 9.10. The van der Waals surface area contributed by atoms with Gasteiger partial charge >= 0.3 is 5.97 Å². The van der Waals surface area contributed by atoms with Crippen LogP contribution < -0.4 is 10.5 Å². The van der Waals surface area contributed by atoms with Crippen LogP contribution in [0.25, 0.3) is 0 Å². The van der Waals surface area contributed by atoms with Gasteiger partial charge in [-0.2, -0.15) is 0 Å². The molecule has 106 valence electrons. The van der Waals surface area contributed by atoms with E-state index in [4.69, 9.17) is 10.5 Å². The van der Waals surface area contributed by atoms with Gasteiger partial charge in [0, 0.05) is 16.9 Å². The molecular weight excluding hydrogens is 310 g/mol. The third-order valence-electron chi connectivity index (χ3n) is 2.98. The smallest absolute Gasteiger partial charge is 0.305 e. The molecule has 0 saturated carbocycles. The van der Waals surface area contributed by atoms with Crippen LogP contribution in [0.15, 0.2) is 22.7 Å². The highest BCUT2D eigenvalue weighted by Crippen LogP contribution is 2.29. The van der Waals surface area contributed by atoms with E-state index >= 15 is 0 Å². The first-order valence-corrected chi connectivity index (χ1v) is 7.03. The summed E-state index contributed by atoms with van der Waals surface area (Å²) in [7, 11) is 3.04. The number of benzene rings is 1.